The molecule has 2 heterocycles. The maximum absolute atomic E-state index is 13.1. The number of aliphatic hydroxyl groups excluding tert-OH is 8. The molecule has 0 radical (unpaired) electrons. The summed E-state index contributed by atoms with van der Waals surface area (Å²) in [5, 5.41) is 86.7. The quantitative estimate of drug-likeness (QED) is 0.0279. The van der Waals surface area contributed by atoms with Crippen molar-refractivity contribution in [2.24, 2.45) is 0 Å². The number of unbranched alkanes of at least 4 members (excludes halogenated alkanes) is 17. The van der Waals surface area contributed by atoms with E-state index in [9.17, 15) is 45.6 Å². The molecule has 2 rings (SSSR count). The van der Waals surface area contributed by atoms with Gasteiger partial charge < -0.3 is 65.1 Å². The summed E-state index contributed by atoms with van der Waals surface area (Å²) in [6.45, 7) is 2.69. The third-order valence-corrected chi connectivity index (χ3v) is 11.9. The van der Waals surface area contributed by atoms with E-state index in [1.54, 1.807) is 0 Å². The van der Waals surface area contributed by atoms with Crippen molar-refractivity contribution >= 4 is 5.91 Å². The highest BCUT2D eigenvalue weighted by Crippen LogP contribution is 2.30. The lowest BCUT2D eigenvalue weighted by Gasteiger charge is -2.46. The normalized spacial score (nSPS) is 28.0. The molecule has 12 unspecified atom stereocenters. The van der Waals surface area contributed by atoms with E-state index in [0.717, 1.165) is 64.2 Å². The van der Waals surface area contributed by atoms with Crippen molar-refractivity contribution in [3.8, 4) is 0 Å². The number of carbonyl (C=O) groups excluding carboxylic acids is 1. The predicted octanol–water partition coefficient (Wildman–Crippen LogP) is 5.54. The van der Waals surface area contributed by atoms with Crippen molar-refractivity contribution < 1.29 is 64.6 Å². The fraction of sp³-hybridized carbons (Fsp3) is 0.854. The number of carbonyl (C=O) groups is 1. The second kappa shape index (κ2) is 35.5. The first-order chi connectivity index (χ1) is 30.1. The van der Waals surface area contributed by atoms with E-state index in [-0.39, 0.29) is 18.9 Å². The van der Waals surface area contributed by atoms with Crippen LogP contribution in [0.1, 0.15) is 168 Å². The Labute approximate surface area is 372 Å². The molecule has 2 fully saturated rings. The Morgan fingerprint density at radius 1 is 0.597 bits per heavy atom. The van der Waals surface area contributed by atoms with Crippen molar-refractivity contribution in [3.63, 3.8) is 0 Å². The summed E-state index contributed by atoms with van der Waals surface area (Å²) < 4.78 is 22.7. The van der Waals surface area contributed by atoms with Crippen LogP contribution in [0, 0.1) is 0 Å². The molecule has 0 spiro atoms. The van der Waals surface area contributed by atoms with Gasteiger partial charge in [-0.1, -0.05) is 153 Å². The van der Waals surface area contributed by atoms with E-state index in [2.05, 4.69) is 55.6 Å². The number of rotatable bonds is 36. The molecule has 0 aromatic heterocycles. The van der Waals surface area contributed by atoms with Crippen LogP contribution in [0.5, 0.6) is 0 Å². The largest absolute Gasteiger partial charge is 0.394 e. The third-order valence-electron chi connectivity index (χ3n) is 11.9. The summed E-state index contributed by atoms with van der Waals surface area (Å²) in [7, 11) is 0. The standard InChI is InChI=1S/C48H87NO13/c1-3-5-7-9-11-13-15-17-18-20-21-23-25-27-29-31-37(52)36(49-40(53)32-30-28-26-24-22-19-16-14-12-10-8-6-4-2)35-59-47-45(58)43(56)46(39(34-51)61-47)62-48-44(57)42(55)41(54)38(33-50)60-48/h6,8,12,14,19,22,36-39,41-48,50-52,54-58H,3-5,7,9-11,13,15-18,20-21,23-35H2,1-2H3,(H,49,53)/b8-6-,14-12-,22-19-. The molecule has 14 heteroatoms. The summed E-state index contributed by atoms with van der Waals surface area (Å²) in [5.74, 6) is -0.238. The van der Waals surface area contributed by atoms with Gasteiger partial charge in [-0.25, -0.2) is 0 Å². The van der Waals surface area contributed by atoms with Crippen LogP contribution >= 0.6 is 0 Å². The van der Waals surface area contributed by atoms with Crippen LogP contribution in [0.15, 0.2) is 36.5 Å². The van der Waals surface area contributed by atoms with E-state index in [1.165, 1.54) is 70.6 Å². The zero-order valence-electron chi connectivity index (χ0n) is 38.1. The van der Waals surface area contributed by atoms with E-state index in [0.29, 0.717) is 12.8 Å². The Morgan fingerprint density at radius 3 is 1.69 bits per heavy atom. The summed E-state index contributed by atoms with van der Waals surface area (Å²) in [6.07, 6.45) is 21.5. The monoisotopic (exact) mass is 886 g/mol. The van der Waals surface area contributed by atoms with E-state index in [4.69, 9.17) is 18.9 Å². The topological polar surface area (TPSA) is 228 Å². The molecule has 9 N–H and O–H groups in total. The van der Waals surface area contributed by atoms with Crippen molar-refractivity contribution in [1.29, 1.82) is 0 Å². The first-order valence-corrected chi connectivity index (χ1v) is 24.2. The third kappa shape index (κ3) is 22.9. The zero-order chi connectivity index (χ0) is 45.4. The minimum atomic E-state index is -1.78. The highest BCUT2D eigenvalue weighted by molar-refractivity contribution is 5.76. The fourth-order valence-corrected chi connectivity index (χ4v) is 7.90. The van der Waals surface area contributed by atoms with Gasteiger partial charge in [-0.3, -0.25) is 4.79 Å². The van der Waals surface area contributed by atoms with Gasteiger partial charge in [-0.05, 0) is 44.9 Å². The molecule has 14 nitrogen and oxygen atoms in total. The van der Waals surface area contributed by atoms with Crippen molar-refractivity contribution in [1.82, 2.24) is 5.32 Å². The molecule has 2 aliphatic rings. The smallest absolute Gasteiger partial charge is 0.220 e. The maximum atomic E-state index is 13.1. The molecule has 0 aliphatic carbocycles. The molecule has 2 saturated heterocycles. The number of amides is 1. The molecule has 362 valence electrons. The van der Waals surface area contributed by atoms with E-state index >= 15 is 0 Å². The second-order valence-corrected chi connectivity index (χ2v) is 17.2. The average molecular weight is 886 g/mol. The van der Waals surface area contributed by atoms with Crippen LogP contribution in [0.2, 0.25) is 0 Å². The molecular weight excluding hydrogens is 799 g/mol. The molecule has 0 aromatic carbocycles. The predicted molar refractivity (Wildman–Crippen MR) is 240 cm³/mol. The van der Waals surface area contributed by atoms with Gasteiger partial charge in [0.1, 0.15) is 48.8 Å². The first kappa shape index (κ1) is 56.3. The van der Waals surface area contributed by atoms with Crippen LogP contribution in [0.25, 0.3) is 0 Å². The van der Waals surface area contributed by atoms with Crippen LogP contribution in [-0.2, 0) is 23.7 Å². The van der Waals surface area contributed by atoms with Crippen LogP contribution in [0.4, 0.5) is 0 Å². The Morgan fingerprint density at radius 2 is 1.11 bits per heavy atom. The van der Waals surface area contributed by atoms with Crippen LogP contribution < -0.4 is 5.32 Å². The molecule has 62 heavy (non-hydrogen) atoms. The number of allylic oxidation sites excluding steroid dienone is 6. The van der Waals surface area contributed by atoms with Crippen molar-refractivity contribution in [2.75, 3.05) is 19.8 Å². The van der Waals surface area contributed by atoms with Crippen LogP contribution in [0.3, 0.4) is 0 Å². The summed E-state index contributed by atoms with van der Waals surface area (Å²) in [5.41, 5.74) is 0. The van der Waals surface area contributed by atoms with Gasteiger partial charge in [0.2, 0.25) is 5.91 Å². The molecular formula is C48H87NO13. The summed E-state index contributed by atoms with van der Waals surface area (Å²) >= 11 is 0. The Bertz CT molecular complexity index is 1190. The minimum absolute atomic E-state index is 0.238. The number of hydrogen-bond acceptors (Lipinski definition) is 13. The molecule has 0 aromatic rings. The second-order valence-electron chi connectivity index (χ2n) is 17.2. The molecule has 2 aliphatic heterocycles. The Kier molecular flexibility index (Phi) is 32.2. The Hall–Kier alpha value is -1.79. The van der Waals surface area contributed by atoms with Gasteiger partial charge in [0.25, 0.3) is 0 Å². The van der Waals surface area contributed by atoms with Gasteiger partial charge in [-0.15, -0.1) is 0 Å². The minimum Gasteiger partial charge on any atom is -0.394 e. The highest BCUT2D eigenvalue weighted by atomic mass is 16.7. The fourth-order valence-electron chi connectivity index (χ4n) is 7.90. The maximum Gasteiger partial charge on any atom is 0.220 e. The zero-order valence-corrected chi connectivity index (χ0v) is 38.1. The SMILES string of the molecule is CC/C=C\C/C=C\C/C=C\CCCCCC(=O)NC(COC1OC(CO)C(OC2OC(CO)C(O)C(O)C2O)C(O)C1O)C(O)CCCCCCCCCCCCCCCCC. The first-order valence-electron chi connectivity index (χ1n) is 24.2. The lowest BCUT2D eigenvalue weighted by molar-refractivity contribution is -0.359. The number of nitrogens with one attached hydrogen (secondary N) is 1. The summed E-state index contributed by atoms with van der Waals surface area (Å²) in [4.78, 5) is 13.1. The molecule has 0 saturated carbocycles. The number of ether oxygens (including phenoxy) is 4. The molecule has 12 atom stereocenters. The van der Waals surface area contributed by atoms with E-state index < -0.39 is 86.8 Å². The van der Waals surface area contributed by atoms with E-state index in [1.807, 2.05) is 0 Å². The Balaban J connectivity index is 1.87. The van der Waals surface area contributed by atoms with Crippen LogP contribution in [-0.4, -0.2) is 140 Å². The average Bonchev–Trinajstić information content (AvgIpc) is 3.27. The van der Waals surface area contributed by atoms with Gasteiger partial charge in [0.15, 0.2) is 12.6 Å². The number of aliphatic hydroxyl groups is 8. The van der Waals surface area contributed by atoms with Gasteiger partial charge in [0.05, 0.1) is 32.0 Å². The molecule has 1 amide bonds. The summed E-state index contributed by atoms with van der Waals surface area (Å²) in [6, 6.07) is -0.841. The van der Waals surface area contributed by atoms with Crippen molar-refractivity contribution in [3.05, 3.63) is 36.5 Å². The highest BCUT2D eigenvalue weighted by Gasteiger charge is 2.51. The van der Waals surface area contributed by atoms with Gasteiger partial charge >= 0.3 is 0 Å². The van der Waals surface area contributed by atoms with Crippen molar-refractivity contribution in [2.45, 2.75) is 242 Å². The van der Waals surface area contributed by atoms with Gasteiger partial charge in [0, 0.05) is 6.42 Å². The number of hydrogen-bond donors (Lipinski definition) is 9. The van der Waals surface area contributed by atoms with Gasteiger partial charge in [-0.2, -0.15) is 0 Å². The lowest BCUT2D eigenvalue weighted by atomic mass is 9.97. The molecule has 0 bridgehead atoms. The lowest BCUT2D eigenvalue weighted by Crippen LogP contribution is -2.65.